The number of fused-ring (bicyclic) bond motifs is 1. The Morgan fingerprint density at radius 1 is 0.921 bits per heavy atom. The summed E-state index contributed by atoms with van der Waals surface area (Å²) in [6.45, 7) is 1.27. The predicted molar refractivity (Wildman–Crippen MR) is 145 cm³/mol. The number of ether oxygens (including phenoxy) is 3. The molecule has 2 heterocycles. The number of hydrogen-bond donors (Lipinski definition) is 0. The zero-order valence-corrected chi connectivity index (χ0v) is 21.4. The Balaban J connectivity index is 1.36. The van der Waals surface area contributed by atoms with Crippen molar-refractivity contribution in [2.24, 2.45) is 0 Å². The number of nitrogens with zero attached hydrogens (tertiary/aromatic N) is 2. The molecule has 192 valence electrons. The lowest BCUT2D eigenvalue weighted by Crippen LogP contribution is -2.52. The summed E-state index contributed by atoms with van der Waals surface area (Å²) in [6, 6.07) is 28.1. The molecule has 0 bridgehead atoms. The topological polar surface area (TPSA) is 60.9 Å². The van der Waals surface area contributed by atoms with Crippen LogP contribution in [0.3, 0.4) is 0 Å². The minimum Gasteiger partial charge on any atom is -0.493 e. The third-order valence-electron chi connectivity index (χ3n) is 7.50. The Labute approximate surface area is 222 Å². The van der Waals surface area contributed by atoms with E-state index in [0.717, 1.165) is 24.0 Å². The van der Waals surface area contributed by atoms with Crippen LogP contribution in [-0.4, -0.2) is 48.7 Å². The highest BCUT2D eigenvalue weighted by atomic mass is 16.5. The first-order valence-corrected chi connectivity index (χ1v) is 13.0. The molecule has 38 heavy (non-hydrogen) atoms. The Morgan fingerprint density at radius 2 is 1.68 bits per heavy atom. The first-order chi connectivity index (χ1) is 18.7. The maximum atomic E-state index is 13.4. The number of benzene rings is 3. The number of hydrogen-bond acceptors (Lipinski definition) is 5. The Bertz CT molecular complexity index is 1400. The number of amides is 1. The summed E-state index contributed by atoms with van der Waals surface area (Å²) in [5, 5.41) is 0. The standard InChI is InChI=1S/C32H30N2O4/c1-36-29-14-13-27(20-30(29)38-28-18-23-8-5-6-9-24(23)19-28)32(26-11-3-2-4-12-26)22-34(16-17-37-32)31(35)25-10-7-15-33-21-25/h2-15,20-21,28H,16-19,22H2,1H3. The number of morpholine rings is 1. The van der Waals surface area contributed by atoms with Gasteiger partial charge in [-0.25, -0.2) is 0 Å². The molecule has 6 nitrogen and oxygen atoms in total. The lowest BCUT2D eigenvalue weighted by Gasteiger charge is -2.43. The molecule has 1 amide bonds. The van der Waals surface area contributed by atoms with E-state index in [-0.39, 0.29) is 12.0 Å². The zero-order chi connectivity index (χ0) is 26.0. The Kier molecular flexibility index (Phi) is 6.56. The quantitative estimate of drug-likeness (QED) is 0.366. The second-order valence-electron chi connectivity index (χ2n) is 9.79. The van der Waals surface area contributed by atoms with Crippen molar-refractivity contribution in [3.63, 3.8) is 0 Å². The van der Waals surface area contributed by atoms with Crippen LogP contribution in [0.4, 0.5) is 0 Å². The maximum absolute atomic E-state index is 13.4. The van der Waals surface area contributed by atoms with Crippen molar-refractivity contribution in [1.29, 1.82) is 0 Å². The highest BCUT2D eigenvalue weighted by Crippen LogP contribution is 2.41. The molecule has 1 aromatic heterocycles. The van der Waals surface area contributed by atoms with Crippen LogP contribution < -0.4 is 9.47 Å². The molecule has 1 unspecified atom stereocenters. The molecule has 1 atom stereocenters. The molecule has 1 saturated heterocycles. The first-order valence-electron chi connectivity index (χ1n) is 13.0. The highest BCUT2D eigenvalue weighted by Gasteiger charge is 2.42. The zero-order valence-electron chi connectivity index (χ0n) is 21.4. The molecule has 0 spiro atoms. The van der Waals surface area contributed by atoms with Crippen molar-refractivity contribution < 1.29 is 19.0 Å². The van der Waals surface area contributed by atoms with Crippen LogP contribution in [0.2, 0.25) is 0 Å². The number of aromatic nitrogens is 1. The molecular weight excluding hydrogens is 476 g/mol. The minimum atomic E-state index is -0.861. The second kappa shape index (κ2) is 10.3. The summed E-state index contributed by atoms with van der Waals surface area (Å²) in [5.41, 5.74) is 4.25. The molecule has 0 radical (unpaired) electrons. The van der Waals surface area contributed by atoms with Crippen molar-refractivity contribution in [2.45, 2.75) is 24.5 Å². The van der Waals surface area contributed by atoms with Crippen molar-refractivity contribution in [3.05, 3.63) is 125 Å². The van der Waals surface area contributed by atoms with Crippen molar-refractivity contribution in [2.75, 3.05) is 26.8 Å². The molecule has 1 aliphatic carbocycles. The normalized spacial score (nSPS) is 19.1. The molecule has 6 heteroatoms. The van der Waals surface area contributed by atoms with Gasteiger partial charge in [0.15, 0.2) is 11.5 Å². The second-order valence-corrected chi connectivity index (χ2v) is 9.79. The summed E-state index contributed by atoms with van der Waals surface area (Å²) >= 11 is 0. The van der Waals surface area contributed by atoms with Gasteiger partial charge in [0.05, 0.1) is 25.8 Å². The maximum Gasteiger partial charge on any atom is 0.255 e. The van der Waals surface area contributed by atoms with Crippen LogP contribution in [0, 0.1) is 0 Å². The highest BCUT2D eigenvalue weighted by molar-refractivity contribution is 5.94. The lowest BCUT2D eigenvalue weighted by molar-refractivity contribution is -0.0786. The van der Waals surface area contributed by atoms with Gasteiger partial charge in [-0.2, -0.15) is 0 Å². The van der Waals surface area contributed by atoms with E-state index in [9.17, 15) is 4.79 Å². The van der Waals surface area contributed by atoms with E-state index < -0.39 is 5.60 Å². The predicted octanol–water partition coefficient (Wildman–Crippen LogP) is 5.05. The fourth-order valence-electron chi connectivity index (χ4n) is 5.59. The van der Waals surface area contributed by atoms with Gasteiger partial charge in [0.25, 0.3) is 5.91 Å². The van der Waals surface area contributed by atoms with Crippen LogP contribution in [0.5, 0.6) is 11.5 Å². The fourth-order valence-corrected chi connectivity index (χ4v) is 5.59. The molecule has 4 aromatic rings. The SMILES string of the molecule is COc1ccc(C2(c3ccccc3)CN(C(=O)c3cccnc3)CCO2)cc1OC1Cc2ccccc2C1. The van der Waals surface area contributed by atoms with E-state index in [2.05, 4.69) is 41.4 Å². The van der Waals surface area contributed by atoms with Crippen LogP contribution in [-0.2, 0) is 23.2 Å². The number of pyridine rings is 1. The van der Waals surface area contributed by atoms with Crippen LogP contribution in [0.1, 0.15) is 32.6 Å². The molecule has 0 saturated carbocycles. The average molecular weight is 507 g/mol. The van der Waals surface area contributed by atoms with Gasteiger partial charge in [0, 0.05) is 31.8 Å². The monoisotopic (exact) mass is 506 g/mol. The van der Waals surface area contributed by atoms with Crippen molar-refractivity contribution in [3.8, 4) is 11.5 Å². The fraction of sp³-hybridized carbons (Fsp3) is 0.250. The molecule has 2 aliphatic rings. The summed E-state index contributed by atoms with van der Waals surface area (Å²) in [7, 11) is 1.66. The van der Waals surface area contributed by atoms with Crippen LogP contribution in [0.25, 0.3) is 0 Å². The van der Waals surface area contributed by atoms with Gasteiger partial charge in [0.2, 0.25) is 0 Å². The largest absolute Gasteiger partial charge is 0.493 e. The minimum absolute atomic E-state index is 0.0279. The van der Waals surface area contributed by atoms with E-state index in [4.69, 9.17) is 14.2 Å². The third-order valence-corrected chi connectivity index (χ3v) is 7.50. The van der Waals surface area contributed by atoms with Gasteiger partial charge in [-0.3, -0.25) is 9.78 Å². The van der Waals surface area contributed by atoms with Gasteiger partial charge in [-0.05, 0) is 46.5 Å². The van der Waals surface area contributed by atoms with Gasteiger partial charge < -0.3 is 19.1 Å². The van der Waals surface area contributed by atoms with Crippen LogP contribution >= 0.6 is 0 Å². The smallest absolute Gasteiger partial charge is 0.255 e. The molecule has 0 N–H and O–H groups in total. The Morgan fingerprint density at radius 3 is 2.39 bits per heavy atom. The van der Waals surface area contributed by atoms with Gasteiger partial charge in [-0.15, -0.1) is 0 Å². The lowest BCUT2D eigenvalue weighted by atomic mass is 9.84. The average Bonchev–Trinajstić information content (AvgIpc) is 3.40. The van der Waals surface area contributed by atoms with Gasteiger partial charge in [-0.1, -0.05) is 60.7 Å². The summed E-state index contributed by atoms with van der Waals surface area (Å²) in [4.78, 5) is 19.4. The molecular formula is C32H30N2O4. The molecule has 6 rings (SSSR count). The molecule has 1 aliphatic heterocycles. The van der Waals surface area contributed by atoms with Crippen LogP contribution in [0.15, 0.2) is 97.3 Å². The van der Waals surface area contributed by atoms with E-state index in [0.29, 0.717) is 36.8 Å². The molecule has 1 fully saturated rings. The number of carbonyl (C=O) groups is 1. The number of methoxy groups -OCH3 is 1. The van der Waals surface area contributed by atoms with Crippen molar-refractivity contribution in [1.82, 2.24) is 9.88 Å². The third kappa shape index (κ3) is 4.52. The number of rotatable bonds is 6. The van der Waals surface area contributed by atoms with E-state index in [1.165, 1.54) is 11.1 Å². The first kappa shape index (κ1) is 24.2. The number of carbonyl (C=O) groups excluding carboxylic acids is 1. The van der Waals surface area contributed by atoms with Gasteiger partial charge in [0.1, 0.15) is 11.7 Å². The summed E-state index contributed by atoms with van der Waals surface area (Å²) < 4.78 is 18.9. The van der Waals surface area contributed by atoms with Crippen molar-refractivity contribution >= 4 is 5.91 Å². The Hall–Kier alpha value is -4.16. The van der Waals surface area contributed by atoms with E-state index >= 15 is 0 Å². The molecule has 3 aromatic carbocycles. The van der Waals surface area contributed by atoms with E-state index in [1.807, 2.05) is 41.3 Å². The van der Waals surface area contributed by atoms with Gasteiger partial charge >= 0.3 is 0 Å². The summed E-state index contributed by atoms with van der Waals surface area (Å²) in [6.07, 6.45) is 5.03. The van der Waals surface area contributed by atoms with E-state index in [1.54, 1.807) is 31.6 Å². The summed E-state index contributed by atoms with van der Waals surface area (Å²) in [5.74, 6) is 1.29.